The highest BCUT2D eigenvalue weighted by molar-refractivity contribution is 7.89. The van der Waals surface area contributed by atoms with Crippen LogP contribution in [0.1, 0.15) is 20.3 Å². The summed E-state index contributed by atoms with van der Waals surface area (Å²) in [5.41, 5.74) is 0.451. The maximum Gasteiger partial charge on any atom is 0.265 e. The molecule has 2 aromatic rings. The van der Waals surface area contributed by atoms with Gasteiger partial charge in [0.25, 0.3) is 5.91 Å². The molecule has 2 rings (SSSR count). The van der Waals surface area contributed by atoms with E-state index in [9.17, 15) is 13.2 Å². The van der Waals surface area contributed by atoms with Crippen LogP contribution in [-0.2, 0) is 14.8 Å². The number of benzene rings is 2. The SMILES string of the molecule is CCCNS(=O)(=O)c1ccc(NC(=O)C(C)Oc2ccc(Cl)cc2Cl)cc1. The monoisotopic (exact) mass is 430 g/mol. The highest BCUT2D eigenvalue weighted by Gasteiger charge is 2.17. The van der Waals surface area contributed by atoms with Crippen LogP contribution < -0.4 is 14.8 Å². The fourth-order valence-electron chi connectivity index (χ4n) is 2.10. The van der Waals surface area contributed by atoms with Crippen molar-refractivity contribution in [1.29, 1.82) is 0 Å². The second-order valence-electron chi connectivity index (χ2n) is 5.75. The second-order valence-corrected chi connectivity index (χ2v) is 8.36. The van der Waals surface area contributed by atoms with E-state index in [-0.39, 0.29) is 4.90 Å². The first-order chi connectivity index (χ1) is 12.7. The van der Waals surface area contributed by atoms with Crippen molar-refractivity contribution in [2.24, 2.45) is 0 Å². The van der Waals surface area contributed by atoms with Gasteiger partial charge in [0, 0.05) is 17.3 Å². The first-order valence-corrected chi connectivity index (χ1v) is 10.5. The predicted molar refractivity (Wildman–Crippen MR) is 107 cm³/mol. The van der Waals surface area contributed by atoms with Crippen LogP contribution in [0.3, 0.4) is 0 Å². The Hall–Kier alpha value is -1.80. The van der Waals surface area contributed by atoms with Gasteiger partial charge in [0.15, 0.2) is 6.10 Å². The molecule has 1 amide bonds. The fourth-order valence-corrected chi connectivity index (χ4v) is 3.68. The third-order valence-electron chi connectivity index (χ3n) is 3.54. The molecular weight excluding hydrogens is 411 g/mol. The summed E-state index contributed by atoms with van der Waals surface area (Å²) < 4.78 is 32.1. The largest absolute Gasteiger partial charge is 0.479 e. The Morgan fingerprint density at radius 3 is 2.41 bits per heavy atom. The summed E-state index contributed by atoms with van der Waals surface area (Å²) in [5, 5.41) is 3.43. The van der Waals surface area contributed by atoms with E-state index in [2.05, 4.69) is 10.0 Å². The lowest BCUT2D eigenvalue weighted by molar-refractivity contribution is -0.122. The summed E-state index contributed by atoms with van der Waals surface area (Å²) >= 11 is 11.9. The van der Waals surface area contributed by atoms with Crippen LogP contribution in [0, 0.1) is 0 Å². The number of amides is 1. The van der Waals surface area contributed by atoms with E-state index in [1.807, 2.05) is 6.92 Å². The van der Waals surface area contributed by atoms with Crippen molar-refractivity contribution in [3.8, 4) is 5.75 Å². The van der Waals surface area contributed by atoms with Crippen LogP contribution in [0.4, 0.5) is 5.69 Å². The molecular formula is C18H20Cl2N2O4S. The van der Waals surface area contributed by atoms with Crippen LogP contribution in [0.2, 0.25) is 10.0 Å². The van der Waals surface area contributed by atoms with Crippen molar-refractivity contribution in [2.75, 3.05) is 11.9 Å². The number of nitrogens with one attached hydrogen (secondary N) is 2. The van der Waals surface area contributed by atoms with Gasteiger partial charge in [-0.15, -0.1) is 0 Å². The third kappa shape index (κ3) is 6.10. The molecule has 0 bridgehead atoms. The average molecular weight is 431 g/mol. The molecule has 1 atom stereocenters. The summed E-state index contributed by atoms with van der Waals surface area (Å²) in [6, 6.07) is 10.6. The average Bonchev–Trinajstić information content (AvgIpc) is 2.62. The minimum absolute atomic E-state index is 0.131. The zero-order valence-corrected chi connectivity index (χ0v) is 17.2. The molecule has 1 unspecified atom stereocenters. The maximum atomic E-state index is 12.3. The number of carbonyl (C=O) groups is 1. The molecule has 0 aliphatic heterocycles. The highest BCUT2D eigenvalue weighted by atomic mass is 35.5. The van der Waals surface area contributed by atoms with Gasteiger partial charge in [-0.05, 0) is 55.8 Å². The van der Waals surface area contributed by atoms with Gasteiger partial charge in [0.1, 0.15) is 5.75 Å². The predicted octanol–water partition coefficient (Wildman–Crippen LogP) is 4.09. The zero-order valence-electron chi connectivity index (χ0n) is 14.8. The quantitative estimate of drug-likeness (QED) is 0.660. The van der Waals surface area contributed by atoms with Gasteiger partial charge in [-0.1, -0.05) is 30.1 Å². The van der Waals surface area contributed by atoms with Crippen molar-refractivity contribution in [1.82, 2.24) is 4.72 Å². The van der Waals surface area contributed by atoms with E-state index in [1.54, 1.807) is 19.1 Å². The van der Waals surface area contributed by atoms with Gasteiger partial charge in [-0.25, -0.2) is 13.1 Å². The van der Waals surface area contributed by atoms with Crippen molar-refractivity contribution in [3.63, 3.8) is 0 Å². The van der Waals surface area contributed by atoms with Crippen LogP contribution in [0.5, 0.6) is 5.75 Å². The van der Waals surface area contributed by atoms with Gasteiger partial charge in [0.2, 0.25) is 10.0 Å². The second kappa shape index (κ2) is 9.41. The molecule has 0 fully saturated rings. The summed E-state index contributed by atoms with van der Waals surface area (Å²) in [6.45, 7) is 3.82. The standard InChI is InChI=1S/C18H20Cl2N2O4S/c1-3-10-21-27(24,25)15-7-5-14(6-8-15)22-18(23)12(2)26-17-9-4-13(19)11-16(17)20/h4-9,11-12,21H,3,10H2,1-2H3,(H,22,23). The first-order valence-electron chi connectivity index (χ1n) is 8.25. The van der Waals surface area contributed by atoms with Gasteiger partial charge < -0.3 is 10.1 Å². The Bertz CT molecular complexity index is 902. The number of carbonyl (C=O) groups excluding carboxylic acids is 1. The molecule has 27 heavy (non-hydrogen) atoms. The van der Waals surface area contributed by atoms with Gasteiger partial charge in [0.05, 0.1) is 9.92 Å². The minimum atomic E-state index is -3.55. The van der Waals surface area contributed by atoms with Crippen LogP contribution in [0.15, 0.2) is 47.4 Å². The Balaban J connectivity index is 2.00. The lowest BCUT2D eigenvalue weighted by Gasteiger charge is -2.16. The molecule has 6 nitrogen and oxygen atoms in total. The number of ether oxygens (including phenoxy) is 1. The lowest BCUT2D eigenvalue weighted by atomic mass is 10.3. The van der Waals surface area contributed by atoms with E-state index in [0.717, 1.165) is 0 Å². The molecule has 146 valence electrons. The zero-order chi connectivity index (χ0) is 20.0. The maximum absolute atomic E-state index is 12.3. The first kappa shape index (κ1) is 21.5. The summed E-state index contributed by atoms with van der Waals surface area (Å²) in [5.74, 6) is -0.0621. The number of hydrogen-bond donors (Lipinski definition) is 2. The molecule has 0 heterocycles. The third-order valence-corrected chi connectivity index (χ3v) is 5.55. The van der Waals surface area contributed by atoms with Crippen molar-refractivity contribution in [3.05, 3.63) is 52.5 Å². The molecule has 0 aromatic heterocycles. The van der Waals surface area contributed by atoms with Crippen LogP contribution >= 0.6 is 23.2 Å². The van der Waals surface area contributed by atoms with E-state index in [1.165, 1.54) is 30.3 Å². The normalized spacial score (nSPS) is 12.4. The number of rotatable bonds is 8. The van der Waals surface area contributed by atoms with Gasteiger partial charge in [-0.2, -0.15) is 0 Å². The van der Waals surface area contributed by atoms with Gasteiger partial charge >= 0.3 is 0 Å². The van der Waals surface area contributed by atoms with Gasteiger partial charge in [-0.3, -0.25) is 4.79 Å². The van der Waals surface area contributed by atoms with Crippen LogP contribution in [0.25, 0.3) is 0 Å². The molecule has 2 aromatic carbocycles. The molecule has 9 heteroatoms. The highest BCUT2D eigenvalue weighted by Crippen LogP contribution is 2.28. The van der Waals surface area contributed by atoms with E-state index in [0.29, 0.717) is 34.4 Å². The molecule has 0 saturated carbocycles. The van der Waals surface area contributed by atoms with E-state index in [4.69, 9.17) is 27.9 Å². The van der Waals surface area contributed by atoms with Crippen molar-refractivity contribution < 1.29 is 17.9 Å². The molecule has 0 aliphatic carbocycles. The smallest absolute Gasteiger partial charge is 0.265 e. The number of halogens is 2. The van der Waals surface area contributed by atoms with E-state index >= 15 is 0 Å². The number of anilines is 1. The molecule has 0 aliphatic rings. The summed E-state index contributed by atoms with van der Waals surface area (Å²) in [7, 11) is -3.55. The Kier molecular flexibility index (Phi) is 7.49. The topological polar surface area (TPSA) is 84.5 Å². The molecule has 0 spiro atoms. The fraction of sp³-hybridized carbons (Fsp3) is 0.278. The molecule has 2 N–H and O–H groups in total. The molecule has 0 radical (unpaired) electrons. The lowest BCUT2D eigenvalue weighted by Crippen LogP contribution is -2.30. The Morgan fingerprint density at radius 1 is 1.15 bits per heavy atom. The number of hydrogen-bond acceptors (Lipinski definition) is 4. The summed E-state index contributed by atoms with van der Waals surface area (Å²) in [6.07, 6.45) is -0.124. The van der Waals surface area contributed by atoms with E-state index < -0.39 is 22.0 Å². The molecule has 0 saturated heterocycles. The van der Waals surface area contributed by atoms with Crippen LogP contribution in [-0.4, -0.2) is 27.0 Å². The summed E-state index contributed by atoms with van der Waals surface area (Å²) in [4.78, 5) is 12.4. The minimum Gasteiger partial charge on any atom is -0.479 e. The Morgan fingerprint density at radius 2 is 1.81 bits per heavy atom. The van der Waals surface area contributed by atoms with Crippen molar-refractivity contribution in [2.45, 2.75) is 31.3 Å². The van der Waals surface area contributed by atoms with Crippen molar-refractivity contribution >= 4 is 44.8 Å². The Labute approximate surface area is 168 Å². The number of sulfonamides is 1.